The number of rotatable bonds is 3. The third-order valence-corrected chi connectivity index (χ3v) is 7.97. The zero-order chi connectivity index (χ0) is 20.9. The van der Waals surface area contributed by atoms with E-state index in [9.17, 15) is 4.79 Å². The highest BCUT2D eigenvalue weighted by atomic mass is 16.5. The monoisotopic (exact) mass is 403 g/mol. The molecule has 0 amide bonds. The molecule has 5 rings (SSSR count). The molecule has 1 saturated carbocycles. The van der Waals surface area contributed by atoms with Crippen molar-refractivity contribution in [1.82, 2.24) is 0 Å². The highest BCUT2D eigenvalue weighted by molar-refractivity contribution is 5.93. The average molecular weight is 404 g/mol. The molecule has 5 atom stereocenters. The van der Waals surface area contributed by atoms with Crippen molar-refractivity contribution in [2.24, 2.45) is 22.4 Å². The number of ketones is 1. The van der Waals surface area contributed by atoms with E-state index in [1.165, 1.54) is 22.9 Å². The van der Waals surface area contributed by atoms with Crippen molar-refractivity contribution in [3.05, 3.63) is 70.3 Å². The molecule has 0 bridgehead atoms. The first-order valence-corrected chi connectivity index (χ1v) is 11.0. The lowest BCUT2D eigenvalue weighted by Crippen LogP contribution is -2.46. The van der Waals surface area contributed by atoms with Crippen molar-refractivity contribution in [2.45, 2.75) is 51.0 Å². The Balaban J connectivity index is 1.64. The van der Waals surface area contributed by atoms with Gasteiger partial charge in [-0.3, -0.25) is 4.79 Å². The molecule has 1 aromatic rings. The van der Waals surface area contributed by atoms with Gasteiger partial charge in [0.25, 0.3) is 0 Å². The number of carbonyl (C=O) groups is 1. The summed E-state index contributed by atoms with van der Waals surface area (Å²) in [6, 6.07) is 8.39. The summed E-state index contributed by atoms with van der Waals surface area (Å²) >= 11 is 0. The number of carbonyl (C=O) groups excluding carboxylic acids is 1. The van der Waals surface area contributed by atoms with Gasteiger partial charge in [-0.05, 0) is 65.9 Å². The molecule has 4 aliphatic rings. The SMILES string of the molecule is CO[C@H]1C=CC2C3CCC4=CC(=O)CCC4=C3[C@@H](c3ccc(/C=N/O)cc3)C[C@@]21C. The van der Waals surface area contributed by atoms with Gasteiger partial charge < -0.3 is 9.94 Å². The van der Waals surface area contributed by atoms with Gasteiger partial charge in [0.05, 0.1) is 12.3 Å². The van der Waals surface area contributed by atoms with Gasteiger partial charge in [0.15, 0.2) is 5.78 Å². The maximum absolute atomic E-state index is 12.1. The Kier molecular flexibility index (Phi) is 4.78. The number of methoxy groups -OCH3 is 1. The van der Waals surface area contributed by atoms with Crippen molar-refractivity contribution in [3.63, 3.8) is 0 Å². The number of ether oxygens (including phenoxy) is 1. The molecule has 0 aromatic heterocycles. The molecule has 0 aliphatic heterocycles. The Morgan fingerprint density at radius 2 is 1.97 bits per heavy atom. The molecule has 4 heteroatoms. The maximum Gasteiger partial charge on any atom is 0.156 e. The fourth-order valence-corrected chi connectivity index (χ4v) is 6.62. The lowest BCUT2D eigenvalue weighted by atomic mass is 9.53. The molecule has 4 aliphatic carbocycles. The molecule has 0 radical (unpaired) electrons. The van der Waals surface area contributed by atoms with Crippen molar-refractivity contribution >= 4 is 12.0 Å². The standard InChI is InChI=1S/C26H29NO3/c1-26-14-22(17-5-3-16(4-6-17)15-27-29)25-20-10-8-19(28)13-18(20)7-9-21(25)23(26)11-12-24(26)30-2/h3-6,11-13,15,21-24,29H,7-10,14H2,1-2H3/b27-15+/t21?,22-,23?,24+,26+/m1/s1. The Hall–Kier alpha value is -2.46. The first-order chi connectivity index (χ1) is 14.5. The van der Waals surface area contributed by atoms with Crippen molar-refractivity contribution < 1.29 is 14.7 Å². The third-order valence-electron chi connectivity index (χ3n) is 7.97. The summed E-state index contributed by atoms with van der Waals surface area (Å²) in [5.74, 6) is 1.59. The molecule has 1 fully saturated rings. The minimum absolute atomic E-state index is 0.0745. The number of fused-ring (bicyclic) bond motifs is 4. The van der Waals surface area contributed by atoms with Gasteiger partial charge in [-0.1, -0.05) is 54.1 Å². The molecule has 0 saturated heterocycles. The summed E-state index contributed by atoms with van der Waals surface area (Å²) in [7, 11) is 1.82. The van der Waals surface area contributed by atoms with Crippen LogP contribution in [-0.2, 0) is 9.53 Å². The summed E-state index contributed by atoms with van der Waals surface area (Å²) in [4.78, 5) is 12.1. The molecule has 2 unspecified atom stereocenters. The molecule has 1 N–H and O–H groups in total. The van der Waals surface area contributed by atoms with Crippen LogP contribution in [0.5, 0.6) is 0 Å². The van der Waals surface area contributed by atoms with Crippen molar-refractivity contribution in [3.8, 4) is 0 Å². The topological polar surface area (TPSA) is 58.9 Å². The summed E-state index contributed by atoms with van der Waals surface area (Å²) in [6.45, 7) is 2.39. The van der Waals surface area contributed by atoms with E-state index < -0.39 is 0 Å². The van der Waals surface area contributed by atoms with Crippen LogP contribution >= 0.6 is 0 Å². The number of oxime groups is 1. The molecular weight excluding hydrogens is 374 g/mol. The normalized spacial score (nSPS) is 35.3. The zero-order valence-corrected chi connectivity index (χ0v) is 17.7. The highest BCUT2D eigenvalue weighted by Gasteiger charge is 2.54. The lowest BCUT2D eigenvalue weighted by molar-refractivity contribution is -0.114. The molecular formula is C26H29NO3. The van der Waals surface area contributed by atoms with Crippen LogP contribution in [0.2, 0.25) is 0 Å². The van der Waals surface area contributed by atoms with Crippen LogP contribution < -0.4 is 0 Å². The molecule has 4 nitrogen and oxygen atoms in total. The smallest absolute Gasteiger partial charge is 0.156 e. The fourth-order valence-electron chi connectivity index (χ4n) is 6.62. The summed E-state index contributed by atoms with van der Waals surface area (Å²) in [6.07, 6.45) is 12.8. The van der Waals surface area contributed by atoms with E-state index in [1.807, 2.05) is 25.3 Å². The second-order valence-corrected chi connectivity index (χ2v) is 9.46. The van der Waals surface area contributed by atoms with Crippen LogP contribution in [0.25, 0.3) is 0 Å². The van der Waals surface area contributed by atoms with Crippen LogP contribution in [0, 0.1) is 17.3 Å². The number of hydrogen-bond donors (Lipinski definition) is 1. The van der Waals surface area contributed by atoms with Gasteiger partial charge in [-0.2, -0.15) is 0 Å². The van der Waals surface area contributed by atoms with Gasteiger partial charge in [0.1, 0.15) is 0 Å². The minimum Gasteiger partial charge on any atom is -0.411 e. The molecule has 0 heterocycles. The van der Waals surface area contributed by atoms with Crippen LogP contribution in [0.15, 0.2) is 64.4 Å². The predicted molar refractivity (Wildman–Crippen MR) is 117 cm³/mol. The number of benzene rings is 1. The first kappa shape index (κ1) is 19.5. The van der Waals surface area contributed by atoms with E-state index in [0.29, 0.717) is 24.2 Å². The van der Waals surface area contributed by atoms with Crippen molar-refractivity contribution in [2.75, 3.05) is 7.11 Å². The quantitative estimate of drug-likeness (QED) is 0.327. The van der Waals surface area contributed by atoms with E-state index in [2.05, 4.69) is 36.4 Å². The van der Waals surface area contributed by atoms with E-state index >= 15 is 0 Å². The zero-order valence-electron chi connectivity index (χ0n) is 17.7. The van der Waals surface area contributed by atoms with Gasteiger partial charge in [0, 0.05) is 24.9 Å². The van der Waals surface area contributed by atoms with Crippen molar-refractivity contribution in [1.29, 1.82) is 0 Å². The van der Waals surface area contributed by atoms with Gasteiger partial charge >= 0.3 is 0 Å². The number of allylic oxidation sites excluding steroid dienone is 5. The molecule has 30 heavy (non-hydrogen) atoms. The van der Waals surface area contributed by atoms with Gasteiger partial charge in [0.2, 0.25) is 0 Å². The van der Waals surface area contributed by atoms with Crippen LogP contribution in [-0.4, -0.2) is 30.4 Å². The van der Waals surface area contributed by atoms with E-state index in [1.54, 1.807) is 5.57 Å². The Morgan fingerprint density at radius 3 is 2.70 bits per heavy atom. The third kappa shape index (κ3) is 2.92. The Morgan fingerprint density at radius 1 is 1.17 bits per heavy atom. The second kappa shape index (κ2) is 7.35. The largest absolute Gasteiger partial charge is 0.411 e. The van der Waals surface area contributed by atoms with Crippen LogP contribution in [0.4, 0.5) is 0 Å². The summed E-state index contributed by atoms with van der Waals surface area (Å²) in [5, 5.41) is 12.0. The number of hydrogen-bond acceptors (Lipinski definition) is 4. The first-order valence-electron chi connectivity index (χ1n) is 11.0. The average Bonchev–Trinajstić information content (AvgIpc) is 3.09. The molecule has 0 spiro atoms. The highest BCUT2D eigenvalue weighted by Crippen LogP contribution is 2.62. The fraction of sp³-hybridized carbons (Fsp3) is 0.462. The van der Waals surface area contributed by atoms with Gasteiger partial charge in [-0.15, -0.1) is 0 Å². The lowest BCUT2D eigenvalue weighted by Gasteiger charge is -2.52. The van der Waals surface area contributed by atoms with E-state index in [0.717, 1.165) is 31.2 Å². The number of nitrogens with zero attached hydrogens (tertiary/aromatic N) is 1. The van der Waals surface area contributed by atoms with E-state index in [4.69, 9.17) is 9.94 Å². The maximum atomic E-state index is 12.1. The van der Waals surface area contributed by atoms with Crippen LogP contribution in [0.1, 0.15) is 56.1 Å². The van der Waals surface area contributed by atoms with E-state index in [-0.39, 0.29) is 17.3 Å². The predicted octanol–water partition coefficient (Wildman–Crippen LogP) is 5.19. The Bertz CT molecular complexity index is 984. The molecule has 156 valence electrons. The summed E-state index contributed by atoms with van der Waals surface area (Å²) < 4.78 is 5.92. The van der Waals surface area contributed by atoms with Gasteiger partial charge in [-0.25, -0.2) is 0 Å². The second-order valence-electron chi connectivity index (χ2n) is 9.46. The van der Waals surface area contributed by atoms with Crippen LogP contribution in [0.3, 0.4) is 0 Å². The Labute approximate surface area is 178 Å². The minimum atomic E-state index is 0.0745. The summed E-state index contributed by atoms with van der Waals surface area (Å²) in [5.41, 5.74) is 6.56. The molecule has 1 aromatic carbocycles.